The van der Waals surface area contributed by atoms with Gasteiger partial charge >= 0.3 is 0 Å². The van der Waals surface area contributed by atoms with Gasteiger partial charge in [0.2, 0.25) is 10.0 Å². The summed E-state index contributed by atoms with van der Waals surface area (Å²) in [5.41, 5.74) is 4.78. The molecule has 0 aliphatic heterocycles. The molecule has 0 bridgehead atoms. The first kappa shape index (κ1) is 25.9. The average molecular weight is 547 g/mol. The maximum atomic E-state index is 13.1. The molecule has 9 heteroatoms. The lowest BCUT2D eigenvalue weighted by Gasteiger charge is -2.17. The van der Waals surface area contributed by atoms with E-state index >= 15 is 0 Å². The molecule has 0 spiro atoms. The van der Waals surface area contributed by atoms with Gasteiger partial charge in [0.25, 0.3) is 5.91 Å². The summed E-state index contributed by atoms with van der Waals surface area (Å²) >= 11 is 5.94. The topological polar surface area (TPSA) is 100 Å². The Kier molecular flexibility index (Phi) is 7.46. The molecule has 1 heterocycles. The molecule has 1 unspecified atom stereocenters. The van der Waals surface area contributed by atoms with Crippen molar-refractivity contribution < 1.29 is 13.2 Å². The summed E-state index contributed by atoms with van der Waals surface area (Å²) in [6.07, 6.45) is 3.90. The molecule has 1 aliphatic carbocycles. The Morgan fingerprint density at radius 2 is 1.74 bits per heavy atom. The SMILES string of the molecule is CCc1ccc(S(=O)(=O)NC2CCc3ccc(Nc4ncccc4C(=O)Nc4ccc(Cl)cc4)cc32)cc1. The first-order valence-corrected chi connectivity index (χ1v) is 14.2. The molecule has 0 saturated heterocycles. The molecule has 0 saturated carbocycles. The van der Waals surface area contributed by atoms with Gasteiger partial charge in [-0.25, -0.2) is 18.1 Å². The molecule has 1 aromatic heterocycles. The summed E-state index contributed by atoms with van der Waals surface area (Å²) in [4.78, 5) is 17.6. The average Bonchev–Trinajstić information content (AvgIpc) is 3.31. The van der Waals surface area contributed by atoms with Crippen molar-refractivity contribution in [1.82, 2.24) is 9.71 Å². The number of pyridine rings is 1. The summed E-state index contributed by atoms with van der Waals surface area (Å²) < 4.78 is 29.0. The highest BCUT2D eigenvalue weighted by Crippen LogP contribution is 2.35. The van der Waals surface area contributed by atoms with E-state index in [1.807, 2.05) is 37.3 Å². The van der Waals surface area contributed by atoms with Crippen molar-refractivity contribution in [3.8, 4) is 0 Å². The number of fused-ring (bicyclic) bond motifs is 1. The van der Waals surface area contributed by atoms with Gasteiger partial charge in [0.05, 0.1) is 10.5 Å². The third-order valence-corrected chi connectivity index (χ3v) is 8.32. The number of hydrogen-bond donors (Lipinski definition) is 3. The first-order chi connectivity index (χ1) is 18.3. The summed E-state index contributed by atoms with van der Waals surface area (Å²) in [5.74, 6) is 0.0777. The van der Waals surface area contributed by atoms with Gasteiger partial charge in [-0.2, -0.15) is 0 Å². The van der Waals surface area contributed by atoms with Crippen LogP contribution in [-0.2, 0) is 22.9 Å². The zero-order valence-electron chi connectivity index (χ0n) is 20.7. The Balaban J connectivity index is 1.35. The van der Waals surface area contributed by atoms with Crippen molar-refractivity contribution in [1.29, 1.82) is 0 Å². The molecule has 4 aromatic rings. The number of carbonyl (C=O) groups excluding carboxylic acids is 1. The highest BCUT2D eigenvalue weighted by atomic mass is 35.5. The summed E-state index contributed by atoms with van der Waals surface area (Å²) in [6, 6.07) is 22.7. The molecule has 1 atom stereocenters. The van der Waals surface area contributed by atoms with E-state index in [1.165, 1.54) is 0 Å². The Morgan fingerprint density at radius 1 is 1.00 bits per heavy atom. The van der Waals surface area contributed by atoms with E-state index in [0.717, 1.165) is 29.5 Å². The number of halogens is 1. The van der Waals surface area contributed by atoms with Crippen molar-refractivity contribution >= 4 is 44.7 Å². The van der Waals surface area contributed by atoms with E-state index in [1.54, 1.807) is 54.7 Å². The zero-order valence-corrected chi connectivity index (χ0v) is 22.3. The van der Waals surface area contributed by atoms with Crippen molar-refractivity contribution in [2.45, 2.75) is 37.1 Å². The van der Waals surface area contributed by atoms with Crippen molar-refractivity contribution in [2.75, 3.05) is 10.6 Å². The molecule has 38 heavy (non-hydrogen) atoms. The minimum atomic E-state index is -3.68. The molecule has 1 aliphatic rings. The van der Waals surface area contributed by atoms with Crippen LogP contribution in [0, 0.1) is 0 Å². The Bertz CT molecular complexity index is 1570. The van der Waals surface area contributed by atoms with Gasteiger partial charge in [-0.3, -0.25) is 4.79 Å². The lowest BCUT2D eigenvalue weighted by molar-refractivity contribution is 0.102. The molecule has 3 N–H and O–H groups in total. The van der Waals surface area contributed by atoms with Gasteiger partial charge in [-0.05, 0) is 96.6 Å². The molecular weight excluding hydrogens is 520 g/mol. The molecule has 194 valence electrons. The minimum absolute atomic E-state index is 0.252. The molecule has 3 aromatic carbocycles. The second-order valence-electron chi connectivity index (χ2n) is 9.11. The van der Waals surface area contributed by atoms with Crippen LogP contribution >= 0.6 is 11.6 Å². The number of nitrogens with one attached hydrogen (secondary N) is 3. The van der Waals surface area contributed by atoms with Crippen LogP contribution in [0.1, 0.15) is 46.4 Å². The second-order valence-corrected chi connectivity index (χ2v) is 11.3. The zero-order chi connectivity index (χ0) is 26.7. The smallest absolute Gasteiger partial charge is 0.259 e. The normalized spacial score (nSPS) is 14.6. The van der Waals surface area contributed by atoms with Gasteiger partial charge in [0.15, 0.2) is 0 Å². The number of rotatable bonds is 8. The monoisotopic (exact) mass is 546 g/mol. The van der Waals surface area contributed by atoms with Crippen LogP contribution in [0.4, 0.5) is 17.2 Å². The lowest BCUT2D eigenvalue weighted by atomic mass is 10.1. The van der Waals surface area contributed by atoms with E-state index < -0.39 is 10.0 Å². The Hall–Kier alpha value is -3.72. The van der Waals surface area contributed by atoms with E-state index in [2.05, 4.69) is 20.3 Å². The number of sulfonamides is 1. The van der Waals surface area contributed by atoms with Crippen molar-refractivity contribution in [3.63, 3.8) is 0 Å². The number of hydrogen-bond acceptors (Lipinski definition) is 5. The molecule has 0 fully saturated rings. The van der Waals surface area contributed by atoms with Gasteiger partial charge in [-0.1, -0.05) is 36.7 Å². The Labute approximate surface area is 227 Å². The fourth-order valence-electron chi connectivity index (χ4n) is 4.52. The lowest BCUT2D eigenvalue weighted by Crippen LogP contribution is -2.27. The van der Waals surface area contributed by atoms with E-state index in [9.17, 15) is 13.2 Å². The summed E-state index contributed by atoms with van der Waals surface area (Å²) in [6.45, 7) is 2.03. The van der Waals surface area contributed by atoms with Crippen LogP contribution in [-0.4, -0.2) is 19.3 Å². The predicted octanol–water partition coefficient (Wildman–Crippen LogP) is 6.26. The van der Waals surface area contributed by atoms with Crippen LogP contribution in [0.2, 0.25) is 5.02 Å². The van der Waals surface area contributed by atoms with Crippen LogP contribution in [0.25, 0.3) is 0 Å². The van der Waals surface area contributed by atoms with E-state index in [4.69, 9.17) is 11.6 Å². The number of anilines is 3. The molecule has 5 rings (SSSR count). The fraction of sp³-hybridized carbons (Fsp3) is 0.172. The van der Waals surface area contributed by atoms with Gasteiger partial charge < -0.3 is 10.6 Å². The van der Waals surface area contributed by atoms with E-state index in [-0.39, 0.29) is 16.8 Å². The van der Waals surface area contributed by atoms with Gasteiger partial charge in [0, 0.05) is 28.6 Å². The van der Waals surface area contributed by atoms with Crippen molar-refractivity contribution in [3.05, 3.63) is 112 Å². The molecule has 1 amide bonds. The molecule has 7 nitrogen and oxygen atoms in total. The third-order valence-electron chi connectivity index (χ3n) is 6.58. The Morgan fingerprint density at radius 3 is 2.47 bits per heavy atom. The van der Waals surface area contributed by atoms with Crippen LogP contribution in [0.15, 0.2) is 90.0 Å². The third kappa shape index (κ3) is 5.72. The largest absolute Gasteiger partial charge is 0.340 e. The predicted molar refractivity (Wildman–Crippen MR) is 151 cm³/mol. The highest BCUT2D eigenvalue weighted by molar-refractivity contribution is 7.89. The minimum Gasteiger partial charge on any atom is -0.340 e. The van der Waals surface area contributed by atoms with Gasteiger partial charge in [0.1, 0.15) is 5.82 Å². The van der Waals surface area contributed by atoms with Crippen LogP contribution < -0.4 is 15.4 Å². The van der Waals surface area contributed by atoms with Crippen LogP contribution in [0.3, 0.4) is 0 Å². The summed E-state index contributed by atoms with van der Waals surface area (Å²) in [7, 11) is -3.68. The summed E-state index contributed by atoms with van der Waals surface area (Å²) in [5, 5.41) is 6.67. The van der Waals surface area contributed by atoms with Crippen LogP contribution in [0.5, 0.6) is 0 Å². The maximum Gasteiger partial charge on any atom is 0.259 e. The number of aryl methyl sites for hydroxylation is 2. The van der Waals surface area contributed by atoms with E-state index in [0.29, 0.717) is 34.2 Å². The number of amides is 1. The number of benzene rings is 3. The first-order valence-electron chi connectivity index (χ1n) is 12.4. The maximum absolute atomic E-state index is 13.1. The van der Waals surface area contributed by atoms with Crippen molar-refractivity contribution in [2.24, 2.45) is 0 Å². The standard InChI is InChI=1S/C29H27ClN4O3S/c1-2-19-5-14-24(15-6-19)38(36,37)34-27-16-8-20-7-11-23(18-26(20)27)32-28-25(4-3-17-31-28)29(35)33-22-12-9-21(30)10-13-22/h3-7,9-15,17-18,27,34H,2,8,16H2,1H3,(H,31,32)(H,33,35). The molecule has 0 radical (unpaired) electrons. The number of nitrogens with zero attached hydrogens (tertiary/aromatic N) is 1. The van der Waals surface area contributed by atoms with Gasteiger partial charge in [-0.15, -0.1) is 0 Å². The fourth-order valence-corrected chi connectivity index (χ4v) is 5.89. The second kappa shape index (κ2) is 10.9. The highest BCUT2D eigenvalue weighted by Gasteiger charge is 2.28. The molecular formula is C29H27ClN4O3S. The quantitative estimate of drug-likeness (QED) is 0.242. The number of carbonyl (C=O) groups is 1. The number of aromatic nitrogens is 1.